The molecule has 0 saturated carbocycles. The van der Waals surface area contributed by atoms with Gasteiger partial charge in [-0.25, -0.2) is 9.97 Å². The van der Waals surface area contributed by atoms with Crippen molar-refractivity contribution >= 4 is 96.8 Å². The van der Waals surface area contributed by atoms with E-state index in [1.54, 1.807) is 0 Å². The van der Waals surface area contributed by atoms with Gasteiger partial charge < -0.3 is 4.57 Å². The van der Waals surface area contributed by atoms with Crippen LogP contribution in [0.2, 0.25) is 0 Å². The van der Waals surface area contributed by atoms with Crippen LogP contribution in [0.25, 0.3) is 119 Å². The van der Waals surface area contributed by atoms with Gasteiger partial charge in [-0.2, -0.15) is 0 Å². The summed E-state index contributed by atoms with van der Waals surface area (Å²) in [4.78, 5) is 10.9. The summed E-state index contributed by atoms with van der Waals surface area (Å²) < 4.78 is 7.25. The number of nitrogens with zero attached hydrogens (tertiary/aromatic N) is 4. The standard InChI is InChI=1S/C54H32N4S/c1-3-15-33(16-4-1)35-27-29-42-48(31-35)59-53-50(42)40-22-8-7-21-39(40)49-43-32-36(57-45-25-13-10-19-37(45)38-20-11-14-26-46(38)57)28-30-47(43)58(52(49)53)54-55-44-24-12-9-23-41(44)51(56-54)34-17-5-2-6-18-34/h1-32H. The summed E-state index contributed by atoms with van der Waals surface area (Å²) >= 11 is 1.87. The molecule has 59 heavy (non-hydrogen) atoms. The maximum absolute atomic E-state index is 5.51. The summed E-state index contributed by atoms with van der Waals surface area (Å²) in [5.74, 6) is 0.658. The fraction of sp³-hybridized carbons (Fsp3) is 0. The molecule has 0 radical (unpaired) electrons. The third-order valence-electron chi connectivity index (χ3n) is 12.1. The van der Waals surface area contributed by atoms with E-state index in [4.69, 9.17) is 9.97 Å². The van der Waals surface area contributed by atoms with E-state index in [2.05, 4.69) is 203 Å². The van der Waals surface area contributed by atoms with Crippen LogP contribution in [0.15, 0.2) is 194 Å². The van der Waals surface area contributed by atoms with E-state index in [0.717, 1.165) is 44.3 Å². The van der Waals surface area contributed by atoms with Crippen LogP contribution >= 0.6 is 11.3 Å². The first kappa shape index (κ1) is 32.5. The van der Waals surface area contributed by atoms with Crippen molar-refractivity contribution in [3.8, 4) is 34.0 Å². The molecule has 0 spiro atoms. The molecule has 0 unspecified atom stereocenters. The van der Waals surface area contributed by atoms with Crippen molar-refractivity contribution < 1.29 is 0 Å². The van der Waals surface area contributed by atoms with Gasteiger partial charge in [-0.1, -0.05) is 152 Å². The summed E-state index contributed by atoms with van der Waals surface area (Å²) in [6, 6.07) is 69.9. The fourth-order valence-corrected chi connectivity index (χ4v) is 10.9. The van der Waals surface area contributed by atoms with Crippen LogP contribution in [0.1, 0.15) is 0 Å². The second kappa shape index (κ2) is 12.4. The van der Waals surface area contributed by atoms with Gasteiger partial charge in [0, 0.05) is 53.7 Å². The largest absolute Gasteiger partial charge is 0.309 e. The van der Waals surface area contributed by atoms with Crippen molar-refractivity contribution in [3.63, 3.8) is 0 Å². The molecule has 0 aliphatic heterocycles. The predicted molar refractivity (Wildman–Crippen MR) is 249 cm³/mol. The lowest BCUT2D eigenvalue weighted by molar-refractivity contribution is 1.02. The van der Waals surface area contributed by atoms with Gasteiger partial charge in [0.05, 0.1) is 38.0 Å². The van der Waals surface area contributed by atoms with Crippen LogP contribution in [0.5, 0.6) is 0 Å². The Morgan fingerprint density at radius 2 is 0.966 bits per heavy atom. The molecular weight excluding hydrogens is 737 g/mol. The van der Waals surface area contributed by atoms with E-state index in [0.29, 0.717) is 5.95 Å². The maximum Gasteiger partial charge on any atom is 0.235 e. The Morgan fingerprint density at radius 3 is 1.69 bits per heavy atom. The highest BCUT2D eigenvalue weighted by Crippen LogP contribution is 2.49. The highest BCUT2D eigenvalue weighted by atomic mass is 32.1. The lowest BCUT2D eigenvalue weighted by atomic mass is 9.97. The van der Waals surface area contributed by atoms with Crippen LogP contribution in [-0.4, -0.2) is 19.1 Å². The highest BCUT2D eigenvalue weighted by molar-refractivity contribution is 7.27. The molecule has 0 aliphatic rings. The number of benzene rings is 9. The van der Waals surface area contributed by atoms with Crippen LogP contribution in [0, 0.1) is 0 Å². The Labute approximate surface area is 342 Å². The predicted octanol–water partition coefficient (Wildman–Crippen LogP) is 14.7. The zero-order valence-electron chi connectivity index (χ0n) is 31.7. The molecule has 4 heterocycles. The Bertz CT molecular complexity index is 3780. The minimum Gasteiger partial charge on any atom is -0.309 e. The first-order valence-corrected chi connectivity index (χ1v) is 20.8. The number of fused-ring (bicyclic) bond motifs is 14. The van der Waals surface area contributed by atoms with Crippen molar-refractivity contribution in [2.45, 2.75) is 0 Å². The van der Waals surface area contributed by atoms with Gasteiger partial charge >= 0.3 is 0 Å². The van der Waals surface area contributed by atoms with Gasteiger partial charge in [-0.3, -0.25) is 4.57 Å². The number of hydrogen-bond donors (Lipinski definition) is 0. The normalized spacial score (nSPS) is 12.1. The molecule has 0 fully saturated rings. The molecule has 0 amide bonds. The van der Waals surface area contributed by atoms with Crippen molar-refractivity contribution in [1.29, 1.82) is 0 Å². The highest BCUT2D eigenvalue weighted by Gasteiger charge is 2.25. The molecule has 13 aromatic rings. The van der Waals surface area contributed by atoms with Crippen LogP contribution < -0.4 is 0 Å². The van der Waals surface area contributed by atoms with Crippen molar-refractivity contribution in [3.05, 3.63) is 194 Å². The van der Waals surface area contributed by atoms with E-state index in [1.165, 1.54) is 69.3 Å². The maximum atomic E-state index is 5.51. The smallest absolute Gasteiger partial charge is 0.235 e. The van der Waals surface area contributed by atoms with Crippen LogP contribution in [0.3, 0.4) is 0 Å². The zero-order valence-corrected chi connectivity index (χ0v) is 32.5. The molecule has 5 heteroatoms. The summed E-state index contributed by atoms with van der Waals surface area (Å²) in [7, 11) is 0. The molecule has 0 saturated heterocycles. The average molecular weight is 769 g/mol. The quantitative estimate of drug-likeness (QED) is 0.179. The first-order valence-electron chi connectivity index (χ1n) is 20.0. The zero-order chi connectivity index (χ0) is 38.6. The lowest BCUT2D eigenvalue weighted by Crippen LogP contribution is -2.03. The number of aromatic nitrogens is 4. The van der Waals surface area contributed by atoms with Gasteiger partial charge in [0.1, 0.15) is 0 Å². The molecule has 9 aromatic carbocycles. The molecule has 274 valence electrons. The van der Waals surface area contributed by atoms with Gasteiger partial charge in [0.25, 0.3) is 0 Å². The third-order valence-corrected chi connectivity index (χ3v) is 13.3. The van der Waals surface area contributed by atoms with Gasteiger partial charge in [0.15, 0.2) is 0 Å². The molecule has 4 nitrogen and oxygen atoms in total. The fourth-order valence-electron chi connectivity index (χ4n) is 9.55. The lowest BCUT2D eigenvalue weighted by Gasteiger charge is -2.13. The van der Waals surface area contributed by atoms with Crippen molar-refractivity contribution in [2.75, 3.05) is 0 Å². The number of thiophene rings is 1. The molecule has 0 aliphatic carbocycles. The average Bonchev–Trinajstić information content (AvgIpc) is 3.97. The molecular formula is C54H32N4S. The minimum absolute atomic E-state index is 0.658. The number of rotatable bonds is 4. The summed E-state index contributed by atoms with van der Waals surface area (Å²) in [5, 5.41) is 10.9. The number of para-hydroxylation sites is 3. The first-order chi connectivity index (χ1) is 29.3. The molecule has 4 aromatic heterocycles. The Kier molecular flexibility index (Phi) is 6.85. The molecule has 0 N–H and O–H groups in total. The second-order valence-electron chi connectivity index (χ2n) is 15.3. The summed E-state index contributed by atoms with van der Waals surface area (Å²) in [6.07, 6.45) is 0. The van der Waals surface area contributed by atoms with Crippen LogP contribution in [-0.2, 0) is 0 Å². The van der Waals surface area contributed by atoms with Gasteiger partial charge in [-0.05, 0) is 64.4 Å². The molecule has 13 rings (SSSR count). The molecule has 0 bridgehead atoms. The Morgan fingerprint density at radius 1 is 0.373 bits per heavy atom. The second-order valence-corrected chi connectivity index (χ2v) is 16.4. The van der Waals surface area contributed by atoms with Gasteiger partial charge in [-0.15, -0.1) is 11.3 Å². The SMILES string of the molecule is c1ccc(-c2ccc3c(c2)sc2c3c3ccccc3c3c4cc(-n5c6ccccc6c6ccccc65)ccc4n(-c4nc(-c5ccccc5)c5ccccc5n4)c23)cc1. The van der Waals surface area contributed by atoms with Crippen molar-refractivity contribution in [1.82, 2.24) is 19.1 Å². The van der Waals surface area contributed by atoms with Crippen LogP contribution in [0.4, 0.5) is 0 Å². The van der Waals surface area contributed by atoms with E-state index in [-0.39, 0.29) is 0 Å². The Hall–Kier alpha value is -7.60. The van der Waals surface area contributed by atoms with E-state index >= 15 is 0 Å². The Balaban J connectivity index is 1.21. The monoisotopic (exact) mass is 768 g/mol. The topological polar surface area (TPSA) is 35.6 Å². The van der Waals surface area contributed by atoms with Gasteiger partial charge in [0.2, 0.25) is 5.95 Å². The number of hydrogen-bond acceptors (Lipinski definition) is 3. The van der Waals surface area contributed by atoms with Crippen molar-refractivity contribution in [2.24, 2.45) is 0 Å². The molecule has 0 atom stereocenters. The summed E-state index contributed by atoms with van der Waals surface area (Å²) in [6.45, 7) is 0. The van der Waals surface area contributed by atoms with E-state index < -0.39 is 0 Å². The minimum atomic E-state index is 0.658. The van der Waals surface area contributed by atoms with E-state index in [9.17, 15) is 0 Å². The summed E-state index contributed by atoms with van der Waals surface area (Å²) in [5.41, 5.74) is 11.0. The van der Waals surface area contributed by atoms with E-state index in [1.807, 2.05) is 11.3 Å². The third kappa shape index (κ3) is 4.71.